The van der Waals surface area contributed by atoms with Gasteiger partial charge in [0.2, 0.25) is 0 Å². The Morgan fingerprint density at radius 1 is 1.12 bits per heavy atom. The fourth-order valence-electron chi connectivity index (χ4n) is 1.63. The van der Waals surface area contributed by atoms with Crippen LogP contribution in [-0.4, -0.2) is 14.8 Å². The van der Waals surface area contributed by atoms with Crippen molar-refractivity contribution in [3.8, 4) is 5.69 Å². The predicted molar refractivity (Wildman–Crippen MR) is 66.6 cm³/mol. The molecule has 0 spiro atoms. The molecule has 3 aromatic rings. The highest BCUT2D eigenvalue weighted by molar-refractivity contribution is 9.10. The summed E-state index contributed by atoms with van der Waals surface area (Å²) in [6.07, 6.45) is 5.54. The summed E-state index contributed by atoms with van der Waals surface area (Å²) < 4.78 is 2.89. The van der Waals surface area contributed by atoms with Gasteiger partial charge in [0.25, 0.3) is 0 Å². The highest BCUT2D eigenvalue weighted by Gasteiger charge is 2.04. The number of rotatable bonds is 1. The molecule has 2 heterocycles. The summed E-state index contributed by atoms with van der Waals surface area (Å²) in [5.41, 5.74) is 1.93. The van der Waals surface area contributed by atoms with Crippen LogP contribution in [0.25, 0.3) is 16.6 Å². The minimum atomic E-state index is 0.964. The van der Waals surface area contributed by atoms with Crippen molar-refractivity contribution in [1.29, 1.82) is 0 Å². The fraction of sp³-hybridized carbons (Fsp3) is 0. The predicted octanol–water partition coefficient (Wildman–Crippen LogP) is 3.18. The van der Waals surface area contributed by atoms with E-state index in [1.807, 2.05) is 41.2 Å². The summed E-state index contributed by atoms with van der Waals surface area (Å²) in [5, 5.41) is 5.59. The van der Waals surface area contributed by atoms with Crippen LogP contribution in [0.1, 0.15) is 0 Å². The van der Waals surface area contributed by atoms with Crippen LogP contribution in [0.5, 0.6) is 0 Å². The van der Waals surface area contributed by atoms with E-state index in [-0.39, 0.29) is 0 Å². The number of nitrogens with zero attached hydrogens (tertiary/aromatic N) is 3. The molecule has 0 aliphatic heterocycles. The lowest BCUT2D eigenvalue weighted by molar-refractivity contribution is 0.889. The maximum atomic E-state index is 4.49. The fourth-order valence-corrected chi connectivity index (χ4v) is 2.09. The van der Waals surface area contributed by atoms with Crippen molar-refractivity contribution >= 4 is 26.8 Å². The third-order valence-corrected chi connectivity index (χ3v) is 3.10. The Labute approximate surface area is 101 Å². The zero-order valence-corrected chi connectivity index (χ0v) is 9.92. The summed E-state index contributed by atoms with van der Waals surface area (Å²) in [6.45, 7) is 0. The van der Waals surface area contributed by atoms with Gasteiger partial charge in [-0.1, -0.05) is 22.0 Å². The Morgan fingerprint density at radius 3 is 2.81 bits per heavy atom. The van der Waals surface area contributed by atoms with Crippen LogP contribution in [0.4, 0.5) is 0 Å². The smallest absolute Gasteiger partial charge is 0.0939 e. The molecule has 3 nitrogen and oxygen atoms in total. The van der Waals surface area contributed by atoms with Crippen molar-refractivity contribution in [3.63, 3.8) is 0 Å². The molecule has 0 fully saturated rings. The van der Waals surface area contributed by atoms with E-state index in [2.05, 4.69) is 26.0 Å². The maximum absolute atomic E-state index is 4.49. The van der Waals surface area contributed by atoms with Crippen molar-refractivity contribution in [3.05, 3.63) is 53.4 Å². The highest BCUT2D eigenvalue weighted by atomic mass is 79.9. The molecule has 78 valence electrons. The minimum Gasteiger partial charge on any atom is -0.262 e. The largest absolute Gasteiger partial charge is 0.262 e. The van der Waals surface area contributed by atoms with Crippen molar-refractivity contribution < 1.29 is 0 Å². The summed E-state index contributed by atoms with van der Waals surface area (Å²) in [6, 6.07) is 9.86. The van der Waals surface area contributed by atoms with E-state index in [1.165, 1.54) is 0 Å². The van der Waals surface area contributed by atoms with Crippen LogP contribution in [0.3, 0.4) is 0 Å². The number of fused-ring (bicyclic) bond motifs is 1. The molecule has 2 aromatic heterocycles. The van der Waals surface area contributed by atoms with E-state index in [0.29, 0.717) is 0 Å². The van der Waals surface area contributed by atoms with Gasteiger partial charge in [-0.15, -0.1) is 0 Å². The number of aromatic nitrogens is 3. The van der Waals surface area contributed by atoms with E-state index in [9.17, 15) is 0 Å². The van der Waals surface area contributed by atoms with Gasteiger partial charge in [-0.25, -0.2) is 4.68 Å². The van der Waals surface area contributed by atoms with E-state index in [0.717, 1.165) is 21.1 Å². The van der Waals surface area contributed by atoms with Crippen LogP contribution in [0.15, 0.2) is 53.4 Å². The van der Waals surface area contributed by atoms with E-state index < -0.39 is 0 Å². The quantitative estimate of drug-likeness (QED) is 0.682. The van der Waals surface area contributed by atoms with Gasteiger partial charge in [0.1, 0.15) is 0 Å². The summed E-state index contributed by atoms with van der Waals surface area (Å²) in [5.74, 6) is 0. The van der Waals surface area contributed by atoms with Crippen molar-refractivity contribution in [2.75, 3.05) is 0 Å². The van der Waals surface area contributed by atoms with Crippen molar-refractivity contribution in [2.24, 2.45) is 0 Å². The second-order valence-corrected chi connectivity index (χ2v) is 4.31. The maximum Gasteiger partial charge on any atom is 0.0939 e. The topological polar surface area (TPSA) is 30.7 Å². The third-order valence-electron chi connectivity index (χ3n) is 2.41. The molecule has 1 aromatic carbocycles. The lowest BCUT2D eigenvalue weighted by atomic mass is 10.3. The van der Waals surface area contributed by atoms with Gasteiger partial charge in [-0.3, -0.25) is 4.98 Å². The Morgan fingerprint density at radius 2 is 2.06 bits per heavy atom. The number of hydrogen-bond acceptors (Lipinski definition) is 2. The van der Waals surface area contributed by atoms with Gasteiger partial charge < -0.3 is 0 Å². The number of pyridine rings is 1. The molecule has 3 rings (SSSR count). The first kappa shape index (κ1) is 9.54. The molecular weight excluding hydrogens is 266 g/mol. The Hall–Kier alpha value is -1.68. The SMILES string of the molecule is Brc1cccc2nn(-c3cccnc3)cc12. The lowest BCUT2D eigenvalue weighted by Gasteiger charge is -1.97. The first-order chi connectivity index (χ1) is 7.84. The average molecular weight is 274 g/mol. The molecule has 0 bridgehead atoms. The third kappa shape index (κ3) is 1.51. The molecule has 0 aliphatic carbocycles. The van der Waals surface area contributed by atoms with E-state index >= 15 is 0 Å². The van der Waals surface area contributed by atoms with Crippen molar-refractivity contribution in [2.45, 2.75) is 0 Å². The second kappa shape index (κ2) is 3.72. The standard InChI is InChI=1S/C12H8BrN3/c13-11-4-1-5-12-10(11)8-16(15-12)9-3-2-6-14-7-9/h1-8H. The van der Waals surface area contributed by atoms with Crippen LogP contribution >= 0.6 is 15.9 Å². The summed E-state index contributed by atoms with van der Waals surface area (Å²) in [7, 11) is 0. The number of halogens is 1. The second-order valence-electron chi connectivity index (χ2n) is 3.46. The molecule has 0 saturated heterocycles. The van der Waals surface area contributed by atoms with Crippen LogP contribution in [-0.2, 0) is 0 Å². The zero-order valence-electron chi connectivity index (χ0n) is 8.34. The molecule has 4 heteroatoms. The van der Waals surface area contributed by atoms with Crippen LogP contribution < -0.4 is 0 Å². The number of hydrogen-bond donors (Lipinski definition) is 0. The highest BCUT2D eigenvalue weighted by Crippen LogP contribution is 2.23. The monoisotopic (exact) mass is 273 g/mol. The normalized spacial score (nSPS) is 10.8. The molecule has 0 saturated carbocycles. The molecule has 0 aliphatic rings. The first-order valence-corrected chi connectivity index (χ1v) is 5.68. The summed E-state index contributed by atoms with van der Waals surface area (Å²) in [4.78, 5) is 4.08. The molecular formula is C12H8BrN3. The van der Waals surface area contributed by atoms with Crippen LogP contribution in [0.2, 0.25) is 0 Å². The first-order valence-electron chi connectivity index (χ1n) is 4.89. The molecule has 0 radical (unpaired) electrons. The average Bonchev–Trinajstić information content (AvgIpc) is 2.76. The molecule has 0 unspecified atom stereocenters. The summed E-state index contributed by atoms with van der Waals surface area (Å²) >= 11 is 3.51. The minimum absolute atomic E-state index is 0.964. The zero-order chi connectivity index (χ0) is 11.0. The molecule has 0 atom stereocenters. The van der Waals surface area contributed by atoms with Gasteiger partial charge in [0.15, 0.2) is 0 Å². The van der Waals surface area contributed by atoms with Gasteiger partial charge in [0, 0.05) is 22.3 Å². The molecule has 0 N–H and O–H groups in total. The van der Waals surface area contributed by atoms with Gasteiger partial charge in [-0.05, 0) is 24.3 Å². The Balaban J connectivity index is 2.23. The van der Waals surface area contributed by atoms with Crippen molar-refractivity contribution in [1.82, 2.24) is 14.8 Å². The van der Waals surface area contributed by atoms with E-state index in [1.54, 1.807) is 12.4 Å². The van der Waals surface area contributed by atoms with Gasteiger partial charge in [-0.2, -0.15) is 5.10 Å². The Bertz CT molecular complexity index is 631. The van der Waals surface area contributed by atoms with Gasteiger partial charge >= 0.3 is 0 Å². The van der Waals surface area contributed by atoms with Gasteiger partial charge in [0.05, 0.1) is 17.4 Å². The van der Waals surface area contributed by atoms with Crippen LogP contribution in [0, 0.1) is 0 Å². The lowest BCUT2D eigenvalue weighted by Crippen LogP contribution is -1.93. The molecule has 0 amide bonds. The van der Waals surface area contributed by atoms with E-state index in [4.69, 9.17) is 0 Å². The Kier molecular flexibility index (Phi) is 2.22. The number of benzene rings is 1. The molecule has 16 heavy (non-hydrogen) atoms.